The predicted octanol–water partition coefficient (Wildman–Crippen LogP) is 1.94. The molecule has 0 unspecified atom stereocenters. The van der Waals surface area contributed by atoms with Gasteiger partial charge in [0, 0.05) is 0 Å². The molecule has 0 aliphatic heterocycles. The van der Waals surface area contributed by atoms with E-state index in [2.05, 4.69) is 5.32 Å². The molecule has 0 heterocycles. The van der Waals surface area contributed by atoms with Crippen molar-refractivity contribution >= 4 is 18.0 Å². The minimum atomic E-state index is -1.05. The first-order valence-electron chi connectivity index (χ1n) is 6.94. The number of carbonyl (C=O) groups is 3. The summed E-state index contributed by atoms with van der Waals surface area (Å²) in [6.45, 7) is 8.60. The number of esters is 1. The number of ether oxygens (including phenoxy) is 2. The molecular weight excluding hydrogens is 278 g/mol. The minimum Gasteiger partial charge on any atom is -0.481 e. The van der Waals surface area contributed by atoms with Crippen LogP contribution in [0.25, 0.3) is 0 Å². The SMILES string of the molecule is CC[C@H](C)[C@@H](NC(=O)OC(C)(C)C)C(=O)OCCC(=O)O. The Balaban J connectivity index is 4.61. The zero-order chi connectivity index (χ0) is 16.6. The molecule has 7 heteroatoms. The summed E-state index contributed by atoms with van der Waals surface area (Å²) in [5, 5.41) is 11.0. The van der Waals surface area contributed by atoms with E-state index in [0.29, 0.717) is 6.42 Å². The molecule has 21 heavy (non-hydrogen) atoms. The number of hydrogen-bond acceptors (Lipinski definition) is 5. The summed E-state index contributed by atoms with van der Waals surface area (Å²) >= 11 is 0. The number of nitrogens with one attached hydrogen (secondary N) is 1. The number of alkyl carbamates (subject to hydrolysis) is 1. The van der Waals surface area contributed by atoms with Crippen LogP contribution in [0, 0.1) is 5.92 Å². The van der Waals surface area contributed by atoms with Gasteiger partial charge in [0.05, 0.1) is 6.42 Å². The highest BCUT2D eigenvalue weighted by Gasteiger charge is 2.29. The minimum absolute atomic E-state index is 0.158. The molecule has 2 atom stereocenters. The van der Waals surface area contributed by atoms with Crippen LogP contribution < -0.4 is 5.32 Å². The molecule has 122 valence electrons. The topological polar surface area (TPSA) is 102 Å². The zero-order valence-electron chi connectivity index (χ0n) is 13.3. The van der Waals surface area contributed by atoms with Crippen molar-refractivity contribution in [2.45, 2.75) is 59.1 Å². The Hall–Kier alpha value is -1.79. The van der Waals surface area contributed by atoms with Crippen LogP contribution in [-0.2, 0) is 19.1 Å². The molecular formula is C14H25NO6. The van der Waals surface area contributed by atoms with E-state index in [0.717, 1.165) is 0 Å². The average Bonchev–Trinajstić information content (AvgIpc) is 2.32. The Labute approximate surface area is 125 Å². The Morgan fingerprint density at radius 3 is 2.24 bits per heavy atom. The first-order valence-corrected chi connectivity index (χ1v) is 6.94. The van der Waals surface area contributed by atoms with Crippen LogP contribution in [0.15, 0.2) is 0 Å². The van der Waals surface area contributed by atoms with Crippen LogP contribution in [0.5, 0.6) is 0 Å². The number of carboxylic acids is 1. The van der Waals surface area contributed by atoms with Crippen LogP contribution in [0.3, 0.4) is 0 Å². The maximum Gasteiger partial charge on any atom is 0.408 e. The van der Waals surface area contributed by atoms with Gasteiger partial charge in [0.25, 0.3) is 0 Å². The van der Waals surface area contributed by atoms with Gasteiger partial charge in [-0.25, -0.2) is 9.59 Å². The maximum atomic E-state index is 11.9. The van der Waals surface area contributed by atoms with Crippen LogP contribution >= 0.6 is 0 Å². The van der Waals surface area contributed by atoms with Crippen molar-refractivity contribution in [2.75, 3.05) is 6.61 Å². The number of carbonyl (C=O) groups excluding carboxylic acids is 2. The van der Waals surface area contributed by atoms with Gasteiger partial charge in [-0.05, 0) is 26.7 Å². The molecule has 0 rings (SSSR count). The fraction of sp³-hybridized carbons (Fsp3) is 0.786. The molecule has 0 aromatic heterocycles. The second kappa shape index (κ2) is 8.49. The summed E-state index contributed by atoms with van der Waals surface area (Å²) in [4.78, 5) is 34.1. The van der Waals surface area contributed by atoms with E-state index in [9.17, 15) is 14.4 Å². The summed E-state index contributed by atoms with van der Waals surface area (Å²) in [5.74, 6) is -1.87. The molecule has 0 aliphatic rings. The molecule has 0 saturated heterocycles. The second-order valence-electron chi connectivity index (χ2n) is 5.82. The highest BCUT2D eigenvalue weighted by Crippen LogP contribution is 2.12. The van der Waals surface area contributed by atoms with Gasteiger partial charge < -0.3 is 19.9 Å². The Morgan fingerprint density at radius 2 is 1.81 bits per heavy atom. The molecule has 0 bridgehead atoms. The lowest BCUT2D eigenvalue weighted by Gasteiger charge is -2.25. The standard InChI is InChI=1S/C14H25NO6/c1-6-9(2)11(12(18)20-8-7-10(16)17)15-13(19)21-14(3,4)5/h9,11H,6-8H2,1-5H3,(H,15,19)(H,16,17)/t9-,11+/m0/s1. The smallest absolute Gasteiger partial charge is 0.408 e. The number of aliphatic carboxylic acids is 1. The van der Waals surface area contributed by atoms with Crippen molar-refractivity contribution in [2.24, 2.45) is 5.92 Å². The third-order valence-corrected chi connectivity index (χ3v) is 2.70. The average molecular weight is 303 g/mol. The first kappa shape index (κ1) is 19.2. The maximum absolute atomic E-state index is 11.9. The summed E-state index contributed by atoms with van der Waals surface area (Å²) < 4.78 is 9.98. The molecule has 0 fully saturated rings. The van der Waals surface area contributed by atoms with Crippen molar-refractivity contribution in [3.63, 3.8) is 0 Å². The third kappa shape index (κ3) is 8.88. The van der Waals surface area contributed by atoms with Crippen LogP contribution in [0.4, 0.5) is 4.79 Å². The summed E-state index contributed by atoms with van der Waals surface area (Å²) in [5.41, 5.74) is -0.669. The van der Waals surface area contributed by atoms with Gasteiger partial charge in [-0.2, -0.15) is 0 Å². The molecule has 0 aliphatic carbocycles. The lowest BCUT2D eigenvalue weighted by atomic mass is 9.99. The van der Waals surface area contributed by atoms with Gasteiger partial charge in [-0.15, -0.1) is 0 Å². The Bertz CT molecular complexity index is 374. The number of amides is 1. The molecule has 0 saturated carbocycles. The summed E-state index contributed by atoms with van der Waals surface area (Å²) in [6.07, 6.45) is -0.331. The lowest BCUT2D eigenvalue weighted by molar-refractivity contribution is -0.149. The van der Waals surface area contributed by atoms with E-state index in [1.54, 1.807) is 27.7 Å². The zero-order valence-corrected chi connectivity index (χ0v) is 13.3. The van der Waals surface area contributed by atoms with Gasteiger partial charge >= 0.3 is 18.0 Å². The van der Waals surface area contributed by atoms with E-state index < -0.39 is 29.7 Å². The van der Waals surface area contributed by atoms with Crippen molar-refractivity contribution in [3.8, 4) is 0 Å². The van der Waals surface area contributed by atoms with Crippen LogP contribution in [0.2, 0.25) is 0 Å². The lowest BCUT2D eigenvalue weighted by Crippen LogP contribution is -2.47. The summed E-state index contributed by atoms with van der Waals surface area (Å²) in [6, 6.07) is -0.862. The third-order valence-electron chi connectivity index (χ3n) is 2.70. The van der Waals surface area contributed by atoms with Crippen LogP contribution in [-0.4, -0.2) is 41.4 Å². The van der Waals surface area contributed by atoms with Gasteiger partial charge in [0.2, 0.25) is 0 Å². The molecule has 1 amide bonds. The molecule has 7 nitrogen and oxygen atoms in total. The molecule has 2 N–H and O–H groups in total. The van der Waals surface area contributed by atoms with Crippen molar-refractivity contribution in [1.29, 1.82) is 0 Å². The van der Waals surface area contributed by atoms with Crippen molar-refractivity contribution in [3.05, 3.63) is 0 Å². The molecule has 0 aromatic carbocycles. The molecule has 0 radical (unpaired) electrons. The van der Waals surface area contributed by atoms with Gasteiger partial charge in [0.1, 0.15) is 18.2 Å². The predicted molar refractivity (Wildman–Crippen MR) is 75.8 cm³/mol. The van der Waals surface area contributed by atoms with Crippen molar-refractivity contribution in [1.82, 2.24) is 5.32 Å². The summed E-state index contributed by atoms with van der Waals surface area (Å²) in [7, 11) is 0. The first-order chi connectivity index (χ1) is 9.56. The second-order valence-corrected chi connectivity index (χ2v) is 5.82. The van der Waals surface area contributed by atoms with E-state index in [1.165, 1.54) is 0 Å². The van der Waals surface area contributed by atoms with E-state index in [4.69, 9.17) is 14.6 Å². The Kier molecular flexibility index (Phi) is 7.76. The van der Waals surface area contributed by atoms with Gasteiger partial charge in [-0.3, -0.25) is 4.79 Å². The fourth-order valence-electron chi connectivity index (χ4n) is 1.43. The highest BCUT2D eigenvalue weighted by atomic mass is 16.6. The quantitative estimate of drug-likeness (QED) is 0.697. The van der Waals surface area contributed by atoms with E-state index in [1.807, 2.05) is 6.92 Å². The van der Waals surface area contributed by atoms with Gasteiger partial charge in [0.15, 0.2) is 0 Å². The van der Waals surface area contributed by atoms with Crippen LogP contribution in [0.1, 0.15) is 47.5 Å². The molecule has 0 spiro atoms. The fourth-order valence-corrected chi connectivity index (χ4v) is 1.43. The van der Waals surface area contributed by atoms with Gasteiger partial charge in [-0.1, -0.05) is 20.3 Å². The largest absolute Gasteiger partial charge is 0.481 e. The monoisotopic (exact) mass is 303 g/mol. The normalized spacial score (nSPS) is 14.0. The van der Waals surface area contributed by atoms with Crippen molar-refractivity contribution < 1.29 is 29.0 Å². The van der Waals surface area contributed by atoms with E-state index >= 15 is 0 Å². The number of hydrogen-bond donors (Lipinski definition) is 2. The highest BCUT2D eigenvalue weighted by molar-refractivity contribution is 5.82. The van der Waals surface area contributed by atoms with E-state index in [-0.39, 0.29) is 18.9 Å². The Morgan fingerprint density at radius 1 is 1.24 bits per heavy atom. The molecule has 0 aromatic rings. The number of rotatable bonds is 7. The number of carboxylic acid groups (broad SMARTS) is 1.